The van der Waals surface area contributed by atoms with Gasteiger partial charge in [0.25, 0.3) is 5.88 Å². The maximum Gasteiger partial charge on any atom is 0.318 e. The Kier molecular flexibility index (Phi) is 7.51. The smallest absolute Gasteiger partial charge is 0.318 e. The summed E-state index contributed by atoms with van der Waals surface area (Å²) < 4.78 is 19.7. The molecule has 3 aromatic rings. The summed E-state index contributed by atoms with van der Waals surface area (Å²) in [5.41, 5.74) is 2.73. The summed E-state index contributed by atoms with van der Waals surface area (Å²) in [5.74, 6) is 1.06. The maximum atomic E-state index is 13.3. The van der Waals surface area contributed by atoms with Crippen molar-refractivity contribution in [2.75, 3.05) is 33.5 Å². The van der Waals surface area contributed by atoms with Crippen molar-refractivity contribution in [1.82, 2.24) is 29.6 Å². The van der Waals surface area contributed by atoms with E-state index < -0.39 is 0 Å². The van der Waals surface area contributed by atoms with E-state index in [-0.39, 0.29) is 23.5 Å². The monoisotopic (exact) mass is 520 g/mol. The van der Waals surface area contributed by atoms with E-state index in [0.717, 1.165) is 30.5 Å². The van der Waals surface area contributed by atoms with Gasteiger partial charge in [0.15, 0.2) is 0 Å². The minimum absolute atomic E-state index is 0.0980. The Bertz CT molecular complexity index is 1320. The van der Waals surface area contributed by atoms with Gasteiger partial charge in [-0.3, -0.25) is 4.98 Å². The van der Waals surface area contributed by atoms with Crippen LogP contribution < -0.4 is 14.8 Å². The highest BCUT2D eigenvalue weighted by molar-refractivity contribution is 5.75. The minimum atomic E-state index is -0.269. The van der Waals surface area contributed by atoms with Crippen molar-refractivity contribution in [1.29, 1.82) is 0 Å². The van der Waals surface area contributed by atoms with Crippen molar-refractivity contribution in [2.24, 2.45) is 5.41 Å². The number of pyridine rings is 1. The number of amides is 2. The zero-order chi connectivity index (χ0) is 26.7. The Hall–Kier alpha value is -3.66. The average Bonchev–Trinajstić information content (AvgIpc) is 3.41. The van der Waals surface area contributed by atoms with Crippen LogP contribution in [0.15, 0.2) is 43.0 Å². The molecule has 5 rings (SSSR count). The standard InChI is InChI=1S/C28H36N6O4/c1-5-34-20(3)22-15-21(24(36-4)16-30-22)23-17-33-12-11-29-25(33)26(32-23)38-18-28(9-13-37-14-10-28)8-6-7-19(2)31-27(34)35/h6-7,11-12,15-17,19-20H,5,8-10,13-14,18H2,1-4H3,(H,31,35)/b7-6+. The molecule has 2 atom stereocenters. The van der Waals surface area contributed by atoms with Crippen LogP contribution in [0.1, 0.15) is 51.8 Å². The van der Waals surface area contributed by atoms with Gasteiger partial charge in [-0.05, 0) is 46.1 Å². The molecule has 10 heteroatoms. The number of nitrogens with one attached hydrogen (secondary N) is 1. The number of hydrogen-bond acceptors (Lipinski definition) is 7. The molecule has 3 aromatic heterocycles. The van der Waals surface area contributed by atoms with E-state index in [1.165, 1.54) is 0 Å². The van der Waals surface area contributed by atoms with Crippen molar-refractivity contribution >= 4 is 11.7 Å². The number of allylic oxidation sites excluding steroid dienone is 1. The molecule has 1 N–H and O–H groups in total. The first-order valence-electron chi connectivity index (χ1n) is 13.3. The second kappa shape index (κ2) is 11.0. The second-order valence-electron chi connectivity index (χ2n) is 10.1. The van der Waals surface area contributed by atoms with E-state index in [9.17, 15) is 4.79 Å². The summed E-state index contributed by atoms with van der Waals surface area (Å²) in [6.45, 7) is 8.34. The Morgan fingerprint density at radius 2 is 2.05 bits per heavy atom. The van der Waals surface area contributed by atoms with E-state index in [1.807, 2.05) is 43.6 Å². The molecule has 1 fully saturated rings. The Morgan fingerprint density at radius 3 is 2.82 bits per heavy atom. The molecule has 4 bridgehead atoms. The third kappa shape index (κ3) is 5.18. The predicted octanol–water partition coefficient (Wildman–Crippen LogP) is 4.42. The summed E-state index contributed by atoms with van der Waals surface area (Å²) in [6.07, 6.45) is 14.0. The van der Waals surface area contributed by atoms with E-state index in [0.29, 0.717) is 49.3 Å². The van der Waals surface area contributed by atoms with Crippen LogP contribution in [-0.2, 0) is 4.74 Å². The normalized spacial score (nSPS) is 22.9. The first kappa shape index (κ1) is 26.0. The number of aromatic nitrogens is 4. The highest BCUT2D eigenvalue weighted by atomic mass is 16.5. The number of hydrogen-bond donors (Lipinski definition) is 1. The molecule has 2 amide bonds. The lowest BCUT2D eigenvalue weighted by atomic mass is 9.78. The van der Waals surface area contributed by atoms with Gasteiger partial charge in [-0.2, -0.15) is 0 Å². The Balaban J connectivity index is 1.63. The van der Waals surface area contributed by atoms with E-state index >= 15 is 0 Å². The largest absolute Gasteiger partial charge is 0.494 e. The molecule has 5 heterocycles. The molecular formula is C28H36N6O4. The van der Waals surface area contributed by atoms with Gasteiger partial charge in [0.05, 0.1) is 37.3 Å². The van der Waals surface area contributed by atoms with Crippen LogP contribution in [0.3, 0.4) is 0 Å². The van der Waals surface area contributed by atoms with Gasteiger partial charge in [-0.1, -0.05) is 12.2 Å². The minimum Gasteiger partial charge on any atom is -0.494 e. The van der Waals surface area contributed by atoms with Crippen LogP contribution in [0.2, 0.25) is 0 Å². The molecule has 0 aliphatic carbocycles. The molecular weight excluding hydrogens is 484 g/mol. The van der Waals surface area contributed by atoms with Crippen LogP contribution in [0.5, 0.6) is 11.6 Å². The van der Waals surface area contributed by atoms with Gasteiger partial charge < -0.3 is 28.8 Å². The highest BCUT2D eigenvalue weighted by Gasteiger charge is 2.33. The van der Waals surface area contributed by atoms with Crippen molar-refractivity contribution < 1.29 is 19.0 Å². The van der Waals surface area contributed by atoms with Crippen LogP contribution in [0.25, 0.3) is 16.9 Å². The second-order valence-corrected chi connectivity index (χ2v) is 10.1. The van der Waals surface area contributed by atoms with Gasteiger partial charge in [0.2, 0.25) is 5.65 Å². The summed E-state index contributed by atoms with van der Waals surface area (Å²) in [5, 5.41) is 3.12. The lowest BCUT2D eigenvalue weighted by molar-refractivity contribution is -0.00903. The molecule has 2 aliphatic heterocycles. The lowest BCUT2D eigenvalue weighted by Crippen LogP contribution is -2.44. The van der Waals surface area contributed by atoms with E-state index in [2.05, 4.69) is 27.4 Å². The summed E-state index contributed by atoms with van der Waals surface area (Å²) in [6, 6.07) is 1.41. The number of urea groups is 1. The maximum absolute atomic E-state index is 13.3. The fourth-order valence-corrected chi connectivity index (χ4v) is 5.21. The van der Waals surface area contributed by atoms with Crippen LogP contribution in [-0.4, -0.2) is 69.8 Å². The van der Waals surface area contributed by atoms with Gasteiger partial charge in [-0.25, -0.2) is 14.8 Å². The zero-order valence-corrected chi connectivity index (χ0v) is 22.5. The summed E-state index contributed by atoms with van der Waals surface area (Å²) >= 11 is 0. The molecule has 38 heavy (non-hydrogen) atoms. The number of carbonyl (C=O) groups is 1. The van der Waals surface area contributed by atoms with Crippen LogP contribution in [0, 0.1) is 5.41 Å². The zero-order valence-electron chi connectivity index (χ0n) is 22.5. The molecule has 2 aliphatic rings. The van der Waals surface area contributed by atoms with Crippen LogP contribution in [0.4, 0.5) is 4.79 Å². The lowest BCUT2D eigenvalue weighted by Gasteiger charge is -2.36. The molecule has 0 aromatic carbocycles. The van der Waals surface area contributed by atoms with Crippen molar-refractivity contribution in [3.05, 3.63) is 48.7 Å². The average molecular weight is 521 g/mol. The van der Waals surface area contributed by atoms with Gasteiger partial charge in [0.1, 0.15) is 5.75 Å². The molecule has 1 saturated heterocycles. The predicted molar refractivity (Wildman–Crippen MR) is 143 cm³/mol. The molecule has 0 saturated carbocycles. The topological polar surface area (TPSA) is 103 Å². The fourth-order valence-electron chi connectivity index (χ4n) is 5.21. The summed E-state index contributed by atoms with van der Waals surface area (Å²) in [4.78, 5) is 29.1. The number of fused-ring (bicyclic) bond motifs is 7. The van der Waals surface area contributed by atoms with Crippen molar-refractivity contribution in [3.63, 3.8) is 0 Å². The molecule has 0 radical (unpaired) electrons. The van der Waals surface area contributed by atoms with Gasteiger partial charge in [0, 0.05) is 55.4 Å². The summed E-state index contributed by atoms with van der Waals surface area (Å²) in [7, 11) is 1.61. The van der Waals surface area contributed by atoms with Crippen molar-refractivity contribution in [3.8, 4) is 22.9 Å². The van der Waals surface area contributed by atoms with Crippen LogP contribution >= 0.6 is 0 Å². The van der Waals surface area contributed by atoms with E-state index in [1.54, 1.807) is 24.4 Å². The third-order valence-electron chi connectivity index (χ3n) is 7.62. The first-order chi connectivity index (χ1) is 18.4. The molecule has 1 spiro atoms. The number of rotatable bonds is 2. The van der Waals surface area contributed by atoms with E-state index in [4.69, 9.17) is 19.2 Å². The van der Waals surface area contributed by atoms with Gasteiger partial charge in [-0.15, -0.1) is 0 Å². The Labute approximate surface area is 223 Å². The SMILES string of the molecule is CCN1C(=O)NC(C)/C=C/CC2(CCOCC2)COc2nc(cn3ccnc23)-c2cc(ncc2OC)C1C. The number of imidazole rings is 1. The number of methoxy groups -OCH3 is 1. The number of nitrogens with zero attached hydrogens (tertiary/aromatic N) is 5. The quantitative estimate of drug-likeness (QED) is 0.499. The number of carbonyl (C=O) groups excluding carboxylic acids is 1. The first-order valence-corrected chi connectivity index (χ1v) is 13.3. The molecule has 2 unspecified atom stereocenters. The Morgan fingerprint density at radius 1 is 1.24 bits per heavy atom. The highest BCUT2D eigenvalue weighted by Crippen LogP contribution is 2.37. The number of ether oxygens (including phenoxy) is 3. The third-order valence-corrected chi connectivity index (χ3v) is 7.62. The van der Waals surface area contributed by atoms with Crippen molar-refractivity contribution in [2.45, 2.75) is 52.1 Å². The fraction of sp³-hybridized carbons (Fsp3) is 0.500. The van der Waals surface area contributed by atoms with Gasteiger partial charge >= 0.3 is 6.03 Å². The molecule has 10 nitrogen and oxygen atoms in total. The molecule has 202 valence electrons.